The van der Waals surface area contributed by atoms with Crippen LogP contribution in [0.1, 0.15) is 28.1 Å². The smallest absolute Gasteiger partial charge is 0.269 e. The number of benzene rings is 1. The van der Waals surface area contributed by atoms with Gasteiger partial charge in [0.15, 0.2) is 0 Å². The highest BCUT2D eigenvalue weighted by molar-refractivity contribution is 7.89. The highest BCUT2D eigenvalue weighted by Crippen LogP contribution is 2.29. The first-order valence-corrected chi connectivity index (χ1v) is 10.2. The van der Waals surface area contributed by atoms with Crippen molar-refractivity contribution >= 4 is 33.0 Å². The zero-order chi connectivity index (χ0) is 17.3. The van der Waals surface area contributed by atoms with Gasteiger partial charge in [0, 0.05) is 25.8 Å². The molecule has 5 nitrogen and oxygen atoms in total. The third-order valence-corrected chi connectivity index (χ3v) is 7.20. The zero-order valence-electron chi connectivity index (χ0n) is 13.7. The summed E-state index contributed by atoms with van der Waals surface area (Å²) in [6.45, 7) is 3.03. The van der Waals surface area contributed by atoms with Gasteiger partial charge in [0.25, 0.3) is 5.91 Å². The van der Waals surface area contributed by atoms with E-state index in [0.717, 1.165) is 24.1 Å². The highest BCUT2D eigenvalue weighted by atomic mass is 32.2. The van der Waals surface area contributed by atoms with Gasteiger partial charge in [-0.25, -0.2) is 8.42 Å². The lowest BCUT2D eigenvalue weighted by molar-refractivity contribution is 0.0994. The number of hydrogen-bond donors (Lipinski definition) is 0. The Kier molecular flexibility index (Phi) is 4.76. The van der Waals surface area contributed by atoms with Gasteiger partial charge >= 0.3 is 0 Å². The van der Waals surface area contributed by atoms with E-state index in [2.05, 4.69) is 0 Å². The molecule has 1 amide bonds. The SMILES string of the molecule is Cc1ccc(N(C)C(=O)c2sccc2S(=O)(=O)N2CCCC2)cc1. The first kappa shape index (κ1) is 17.1. The van der Waals surface area contributed by atoms with Crippen LogP contribution in [0.15, 0.2) is 40.6 Å². The number of carbonyl (C=O) groups is 1. The van der Waals surface area contributed by atoms with E-state index in [1.54, 1.807) is 12.4 Å². The van der Waals surface area contributed by atoms with Gasteiger partial charge in [-0.2, -0.15) is 4.31 Å². The lowest BCUT2D eigenvalue weighted by atomic mass is 10.2. The molecule has 3 rings (SSSR count). The van der Waals surface area contributed by atoms with E-state index in [1.807, 2.05) is 31.2 Å². The molecule has 1 aromatic heterocycles. The molecule has 1 aromatic carbocycles. The zero-order valence-corrected chi connectivity index (χ0v) is 15.4. The quantitative estimate of drug-likeness (QED) is 0.837. The molecule has 128 valence electrons. The molecule has 0 spiro atoms. The van der Waals surface area contributed by atoms with E-state index in [-0.39, 0.29) is 15.7 Å². The van der Waals surface area contributed by atoms with E-state index in [1.165, 1.54) is 26.6 Å². The maximum Gasteiger partial charge on any atom is 0.269 e. The fourth-order valence-corrected chi connectivity index (χ4v) is 5.65. The summed E-state index contributed by atoms with van der Waals surface area (Å²) in [5.41, 5.74) is 1.84. The molecule has 0 unspecified atom stereocenters. The summed E-state index contributed by atoms with van der Waals surface area (Å²) >= 11 is 1.17. The van der Waals surface area contributed by atoms with Crippen molar-refractivity contribution in [2.24, 2.45) is 0 Å². The van der Waals surface area contributed by atoms with Crippen LogP contribution in [-0.4, -0.2) is 38.8 Å². The molecule has 0 atom stereocenters. The maximum atomic E-state index is 12.8. The molecular formula is C17H20N2O3S2. The van der Waals surface area contributed by atoms with Gasteiger partial charge in [0.1, 0.15) is 9.77 Å². The fourth-order valence-electron chi connectivity index (χ4n) is 2.76. The summed E-state index contributed by atoms with van der Waals surface area (Å²) in [6.07, 6.45) is 1.74. The average molecular weight is 364 g/mol. The maximum absolute atomic E-state index is 12.8. The Hall–Kier alpha value is -1.70. The lowest BCUT2D eigenvalue weighted by Crippen LogP contribution is -2.31. The number of anilines is 1. The van der Waals surface area contributed by atoms with Gasteiger partial charge in [0.2, 0.25) is 10.0 Å². The Morgan fingerprint density at radius 1 is 1.12 bits per heavy atom. The summed E-state index contributed by atoms with van der Waals surface area (Å²) in [5.74, 6) is -0.299. The van der Waals surface area contributed by atoms with Crippen LogP contribution in [-0.2, 0) is 10.0 Å². The number of sulfonamides is 1. The van der Waals surface area contributed by atoms with Crippen molar-refractivity contribution in [1.29, 1.82) is 0 Å². The third kappa shape index (κ3) is 3.11. The van der Waals surface area contributed by atoms with Gasteiger partial charge in [-0.05, 0) is 43.3 Å². The summed E-state index contributed by atoms with van der Waals surface area (Å²) in [7, 11) is -1.93. The van der Waals surface area contributed by atoms with Gasteiger partial charge in [-0.3, -0.25) is 4.79 Å². The Labute approximate surface area is 146 Å². The first-order valence-electron chi connectivity index (χ1n) is 7.83. The molecule has 0 radical (unpaired) electrons. The minimum Gasteiger partial charge on any atom is -0.311 e. The molecule has 1 aliphatic rings. The summed E-state index contributed by atoms with van der Waals surface area (Å²) in [4.78, 5) is 14.7. The summed E-state index contributed by atoms with van der Waals surface area (Å²) in [6, 6.07) is 9.10. The number of hydrogen-bond acceptors (Lipinski definition) is 4. The van der Waals surface area contributed by atoms with Crippen molar-refractivity contribution in [2.75, 3.05) is 25.0 Å². The molecule has 0 aliphatic carbocycles. The van der Waals surface area contributed by atoms with Crippen LogP contribution in [0, 0.1) is 6.92 Å². The van der Waals surface area contributed by atoms with Crippen LogP contribution >= 0.6 is 11.3 Å². The predicted octanol–water partition coefficient (Wildman–Crippen LogP) is 3.12. The van der Waals surface area contributed by atoms with Crippen LogP contribution in [0.5, 0.6) is 0 Å². The number of rotatable bonds is 4. The monoisotopic (exact) mass is 364 g/mol. The Bertz CT molecular complexity index is 835. The second kappa shape index (κ2) is 6.66. The number of nitrogens with zero attached hydrogens (tertiary/aromatic N) is 2. The normalized spacial score (nSPS) is 15.6. The number of aryl methyl sites for hydroxylation is 1. The van der Waals surface area contributed by atoms with Crippen molar-refractivity contribution in [2.45, 2.75) is 24.7 Å². The molecule has 1 aliphatic heterocycles. The van der Waals surface area contributed by atoms with E-state index in [0.29, 0.717) is 13.1 Å². The van der Waals surface area contributed by atoms with Crippen molar-refractivity contribution < 1.29 is 13.2 Å². The van der Waals surface area contributed by atoms with Gasteiger partial charge < -0.3 is 4.90 Å². The molecule has 2 heterocycles. The van der Waals surface area contributed by atoms with Crippen molar-refractivity contribution in [3.05, 3.63) is 46.2 Å². The van der Waals surface area contributed by atoms with Crippen LogP contribution in [0.4, 0.5) is 5.69 Å². The molecule has 0 N–H and O–H groups in total. The number of carbonyl (C=O) groups excluding carboxylic acids is 1. The topological polar surface area (TPSA) is 57.7 Å². The molecule has 7 heteroatoms. The number of amides is 1. The summed E-state index contributed by atoms with van der Waals surface area (Å²) in [5, 5.41) is 1.67. The second-order valence-electron chi connectivity index (χ2n) is 5.92. The Morgan fingerprint density at radius 2 is 1.75 bits per heavy atom. The van der Waals surface area contributed by atoms with E-state index < -0.39 is 10.0 Å². The first-order chi connectivity index (χ1) is 11.4. The molecule has 0 saturated carbocycles. The molecule has 0 bridgehead atoms. The van der Waals surface area contributed by atoms with E-state index >= 15 is 0 Å². The second-order valence-corrected chi connectivity index (χ2v) is 8.75. The largest absolute Gasteiger partial charge is 0.311 e. The average Bonchev–Trinajstić information content (AvgIpc) is 3.26. The summed E-state index contributed by atoms with van der Waals surface area (Å²) < 4.78 is 27.0. The van der Waals surface area contributed by atoms with Crippen molar-refractivity contribution in [3.8, 4) is 0 Å². The minimum atomic E-state index is -3.60. The van der Waals surface area contributed by atoms with Crippen LogP contribution in [0.25, 0.3) is 0 Å². The minimum absolute atomic E-state index is 0.123. The van der Waals surface area contributed by atoms with E-state index in [4.69, 9.17) is 0 Å². The van der Waals surface area contributed by atoms with Gasteiger partial charge in [0.05, 0.1) is 0 Å². The van der Waals surface area contributed by atoms with E-state index in [9.17, 15) is 13.2 Å². The van der Waals surface area contributed by atoms with Crippen LogP contribution < -0.4 is 4.90 Å². The lowest BCUT2D eigenvalue weighted by Gasteiger charge is -2.19. The molecule has 2 aromatic rings. The highest BCUT2D eigenvalue weighted by Gasteiger charge is 2.32. The fraction of sp³-hybridized carbons (Fsp3) is 0.353. The molecule has 1 saturated heterocycles. The third-order valence-electron chi connectivity index (χ3n) is 4.23. The van der Waals surface area contributed by atoms with Crippen molar-refractivity contribution in [1.82, 2.24) is 4.31 Å². The van der Waals surface area contributed by atoms with Crippen LogP contribution in [0.3, 0.4) is 0 Å². The Balaban J connectivity index is 1.92. The predicted molar refractivity (Wildman–Crippen MR) is 96.2 cm³/mol. The van der Waals surface area contributed by atoms with Crippen molar-refractivity contribution in [3.63, 3.8) is 0 Å². The Morgan fingerprint density at radius 3 is 2.38 bits per heavy atom. The molecule has 1 fully saturated rings. The van der Waals surface area contributed by atoms with Gasteiger partial charge in [-0.15, -0.1) is 11.3 Å². The molecular weight excluding hydrogens is 344 g/mol. The van der Waals surface area contributed by atoms with Gasteiger partial charge in [-0.1, -0.05) is 17.7 Å². The van der Waals surface area contributed by atoms with Crippen LogP contribution in [0.2, 0.25) is 0 Å². The number of thiophene rings is 1. The molecule has 24 heavy (non-hydrogen) atoms. The standard InChI is InChI=1S/C17H20N2O3S2/c1-13-5-7-14(8-6-13)18(2)17(20)16-15(9-12-23-16)24(21,22)19-10-3-4-11-19/h5-9,12H,3-4,10-11H2,1-2H3.